The number of benzene rings is 1. The quantitative estimate of drug-likeness (QED) is 0.910. The van der Waals surface area contributed by atoms with Crippen LogP contribution in [-0.4, -0.2) is 30.4 Å². The standard InChI is InChI=1S/C16H22N2O.ClH/c19-16(14-8-10-17-11-9-14)18-12-4-7-15(18)13-5-2-1-3-6-13;/h1-3,5-6,14-15,17H,4,7-12H2;1H. The van der Waals surface area contributed by atoms with E-state index < -0.39 is 0 Å². The third-order valence-electron chi connectivity index (χ3n) is 4.41. The van der Waals surface area contributed by atoms with Crippen LogP contribution in [0.4, 0.5) is 0 Å². The number of nitrogens with one attached hydrogen (secondary N) is 1. The van der Waals surface area contributed by atoms with Gasteiger partial charge < -0.3 is 10.2 Å². The van der Waals surface area contributed by atoms with E-state index in [1.807, 2.05) is 6.07 Å². The average Bonchev–Trinajstić information content (AvgIpc) is 2.98. The molecular formula is C16H23ClN2O. The molecule has 0 bridgehead atoms. The first kappa shape index (κ1) is 15.3. The van der Waals surface area contributed by atoms with E-state index in [0.717, 1.165) is 45.3 Å². The van der Waals surface area contributed by atoms with Gasteiger partial charge in [0.15, 0.2) is 0 Å². The molecule has 1 atom stereocenters. The third-order valence-corrected chi connectivity index (χ3v) is 4.41. The van der Waals surface area contributed by atoms with Gasteiger partial charge in [-0.3, -0.25) is 4.79 Å². The normalized spacial score (nSPS) is 23.4. The van der Waals surface area contributed by atoms with Gasteiger partial charge in [-0.1, -0.05) is 30.3 Å². The maximum Gasteiger partial charge on any atom is 0.226 e. The Morgan fingerprint density at radius 1 is 1.10 bits per heavy atom. The van der Waals surface area contributed by atoms with Crippen molar-refractivity contribution in [2.45, 2.75) is 31.7 Å². The average molecular weight is 295 g/mol. The van der Waals surface area contributed by atoms with Crippen LogP contribution < -0.4 is 5.32 Å². The lowest BCUT2D eigenvalue weighted by Gasteiger charge is -2.31. The number of amides is 1. The Balaban J connectivity index is 0.00000147. The summed E-state index contributed by atoms with van der Waals surface area (Å²) in [6.07, 6.45) is 4.24. The van der Waals surface area contributed by atoms with Crippen LogP contribution >= 0.6 is 12.4 Å². The van der Waals surface area contributed by atoms with E-state index in [1.165, 1.54) is 5.56 Å². The van der Waals surface area contributed by atoms with Crippen LogP contribution in [0.2, 0.25) is 0 Å². The zero-order valence-corrected chi connectivity index (χ0v) is 12.6. The summed E-state index contributed by atoms with van der Waals surface area (Å²) in [7, 11) is 0. The predicted molar refractivity (Wildman–Crippen MR) is 83.0 cm³/mol. The number of carbonyl (C=O) groups excluding carboxylic acids is 1. The van der Waals surface area contributed by atoms with Crippen molar-refractivity contribution < 1.29 is 4.79 Å². The highest BCUT2D eigenvalue weighted by Gasteiger charge is 2.34. The molecule has 3 nitrogen and oxygen atoms in total. The van der Waals surface area contributed by atoms with Crippen LogP contribution in [0.25, 0.3) is 0 Å². The molecule has 3 rings (SSSR count). The van der Waals surface area contributed by atoms with Gasteiger partial charge in [-0.05, 0) is 44.3 Å². The molecule has 1 N–H and O–H groups in total. The van der Waals surface area contributed by atoms with Gasteiger partial charge in [0.25, 0.3) is 0 Å². The minimum Gasteiger partial charge on any atom is -0.335 e. The van der Waals surface area contributed by atoms with E-state index in [9.17, 15) is 4.79 Å². The van der Waals surface area contributed by atoms with Crippen LogP contribution in [0, 0.1) is 5.92 Å². The summed E-state index contributed by atoms with van der Waals surface area (Å²) in [5.74, 6) is 0.624. The molecule has 20 heavy (non-hydrogen) atoms. The number of piperidine rings is 1. The number of rotatable bonds is 2. The molecule has 1 aromatic rings. The Morgan fingerprint density at radius 2 is 1.80 bits per heavy atom. The minimum absolute atomic E-state index is 0. The van der Waals surface area contributed by atoms with Crippen LogP contribution in [0.15, 0.2) is 30.3 Å². The van der Waals surface area contributed by atoms with Gasteiger partial charge in [-0.25, -0.2) is 0 Å². The lowest BCUT2D eigenvalue weighted by atomic mass is 9.95. The highest BCUT2D eigenvalue weighted by molar-refractivity contribution is 5.85. The molecule has 2 aliphatic heterocycles. The molecule has 0 aromatic heterocycles. The van der Waals surface area contributed by atoms with Crippen LogP contribution in [0.3, 0.4) is 0 Å². The molecule has 0 radical (unpaired) electrons. The van der Waals surface area contributed by atoms with E-state index in [2.05, 4.69) is 34.5 Å². The number of hydrogen-bond acceptors (Lipinski definition) is 2. The van der Waals surface area contributed by atoms with E-state index in [-0.39, 0.29) is 18.3 Å². The summed E-state index contributed by atoms with van der Waals surface area (Å²) in [5.41, 5.74) is 1.29. The van der Waals surface area contributed by atoms with Crippen molar-refractivity contribution in [3.63, 3.8) is 0 Å². The molecule has 1 unspecified atom stereocenters. The summed E-state index contributed by atoms with van der Waals surface area (Å²) in [6, 6.07) is 10.8. The fourth-order valence-electron chi connectivity index (χ4n) is 3.36. The summed E-state index contributed by atoms with van der Waals surface area (Å²) < 4.78 is 0. The van der Waals surface area contributed by atoms with Gasteiger partial charge in [-0.2, -0.15) is 0 Å². The molecule has 1 aromatic carbocycles. The molecule has 0 spiro atoms. The Hall–Kier alpha value is -1.06. The molecule has 4 heteroatoms. The Labute approximate surface area is 127 Å². The van der Waals surface area contributed by atoms with E-state index >= 15 is 0 Å². The highest BCUT2D eigenvalue weighted by atomic mass is 35.5. The monoisotopic (exact) mass is 294 g/mol. The van der Waals surface area contributed by atoms with Gasteiger partial charge in [0.05, 0.1) is 6.04 Å². The number of nitrogens with zero attached hydrogens (tertiary/aromatic N) is 1. The van der Waals surface area contributed by atoms with Gasteiger partial charge in [-0.15, -0.1) is 12.4 Å². The molecule has 2 fully saturated rings. The van der Waals surface area contributed by atoms with Crippen LogP contribution in [0.5, 0.6) is 0 Å². The highest BCUT2D eigenvalue weighted by Crippen LogP contribution is 2.33. The summed E-state index contributed by atoms with van der Waals surface area (Å²) in [4.78, 5) is 14.8. The second kappa shape index (κ2) is 7.09. The molecule has 0 saturated carbocycles. The van der Waals surface area contributed by atoms with Gasteiger partial charge in [0, 0.05) is 12.5 Å². The zero-order valence-electron chi connectivity index (χ0n) is 11.8. The lowest BCUT2D eigenvalue weighted by Crippen LogP contribution is -2.40. The van der Waals surface area contributed by atoms with Crippen molar-refractivity contribution >= 4 is 18.3 Å². The second-order valence-corrected chi connectivity index (χ2v) is 5.62. The molecule has 0 aliphatic carbocycles. The largest absolute Gasteiger partial charge is 0.335 e. The first-order chi connectivity index (χ1) is 9.36. The Bertz CT molecular complexity index is 431. The smallest absolute Gasteiger partial charge is 0.226 e. The van der Waals surface area contributed by atoms with Crippen molar-refractivity contribution in [2.75, 3.05) is 19.6 Å². The van der Waals surface area contributed by atoms with Crippen molar-refractivity contribution in [1.29, 1.82) is 0 Å². The first-order valence-electron chi connectivity index (χ1n) is 7.42. The van der Waals surface area contributed by atoms with Crippen molar-refractivity contribution in [2.24, 2.45) is 5.92 Å². The molecule has 2 heterocycles. The molecule has 2 aliphatic rings. The maximum atomic E-state index is 12.7. The zero-order chi connectivity index (χ0) is 13.1. The van der Waals surface area contributed by atoms with Gasteiger partial charge in [0.1, 0.15) is 0 Å². The summed E-state index contributed by atoms with van der Waals surface area (Å²) in [5, 5.41) is 3.33. The lowest BCUT2D eigenvalue weighted by molar-refractivity contribution is -0.137. The number of likely N-dealkylation sites (tertiary alicyclic amines) is 1. The second-order valence-electron chi connectivity index (χ2n) is 5.62. The van der Waals surface area contributed by atoms with E-state index in [0.29, 0.717) is 11.9 Å². The van der Waals surface area contributed by atoms with Crippen LogP contribution in [0.1, 0.15) is 37.3 Å². The van der Waals surface area contributed by atoms with E-state index in [1.54, 1.807) is 0 Å². The Morgan fingerprint density at radius 3 is 2.50 bits per heavy atom. The number of hydrogen-bond donors (Lipinski definition) is 1. The number of halogens is 1. The molecule has 110 valence electrons. The van der Waals surface area contributed by atoms with Gasteiger partial charge >= 0.3 is 0 Å². The first-order valence-corrected chi connectivity index (χ1v) is 7.42. The van der Waals surface area contributed by atoms with Crippen molar-refractivity contribution in [1.82, 2.24) is 10.2 Å². The fraction of sp³-hybridized carbons (Fsp3) is 0.562. The SMILES string of the molecule is Cl.O=C(C1CCNCC1)N1CCCC1c1ccccc1. The number of carbonyl (C=O) groups is 1. The third kappa shape index (κ3) is 3.15. The fourth-order valence-corrected chi connectivity index (χ4v) is 3.36. The molecular weight excluding hydrogens is 272 g/mol. The molecule has 1 amide bonds. The maximum absolute atomic E-state index is 12.7. The Kier molecular flexibility index (Phi) is 5.44. The summed E-state index contributed by atoms with van der Waals surface area (Å²) >= 11 is 0. The minimum atomic E-state index is 0. The van der Waals surface area contributed by atoms with Crippen LogP contribution in [-0.2, 0) is 4.79 Å². The van der Waals surface area contributed by atoms with E-state index in [4.69, 9.17) is 0 Å². The van der Waals surface area contributed by atoms with Gasteiger partial charge in [0.2, 0.25) is 5.91 Å². The topological polar surface area (TPSA) is 32.3 Å². The van der Waals surface area contributed by atoms with Crippen molar-refractivity contribution in [3.05, 3.63) is 35.9 Å². The predicted octanol–water partition coefficient (Wildman–Crippen LogP) is 2.77. The van der Waals surface area contributed by atoms with Crippen molar-refractivity contribution in [3.8, 4) is 0 Å². The summed E-state index contributed by atoms with van der Waals surface area (Å²) in [6.45, 7) is 2.91. The molecule has 2 saturated heterocycles.